The number of nitrogens with zero attached hydrogens (tertiary/aromatic N) is 1. The molecule has 0 saturated carbocycles. The summed E-state index contributed by atoms with van der Waals surface area (Å²) in [5, 5.41) is 9.54. The van der Waals surface area contributed by atoms with E-state index in [9.17, 15) is 9.90 Å². The summed E-state index contributed by atoms with van der Waals surface area (Å²) in [7, 11) is 0. The smallest absolute Gasteiger partial charge is 0.315 e. The Hall–Kier alpha value is -1.55. The first kappa shape index (κ1) is 16.5. The number of benzene rings is 1. The molecular weight excluding hydrogens is 252 g/mol. The first-order valence-corrected chi connectivity index (χ1v) is 7.25. The van der Waals surface area contributed by atoms with Crippen LogP contribution in [-0.2, 0) is 6.42 Å². The Morgan fingerprint density at radius 1 is 1.25 bits per heavy atom. The average Bonchev–Trinajstić information content (AvgIpc) is 2.42. The van der Waals surface area contributed by atoms with Crippen molar-refractivity contribution >= 4 is 6.03 Å². The maximum atomic E-state index is 11.6. The molecule has 1 aromatic rings. The average molecular weight is 278 g/mol. The predicted molar refractivity (Wildman–Crippen MR) is 81.4 cm³/mol. The summed E-state index contributed by atoms with van der Waals surface area (Å²) in [5.41, 5.74) is 6.65. The molecule has 1 atom stereocenters. The molecule has 1 aromatic carbocycles. The lowest BCUT2D eigenvalue weighted by atomic mass is 10.0. The Bertz CT molecular complexity index is 393. The number of nitrogens with two attached hydrogens (primary N) is 1. The molecule has 0 aliphatic rings. The van der Waals surface area contributed by atoms with Crippen molar-refractivity contribution in [2.24, 2.45) is 11.7 Å². The fourth-order valence-electron chi connectivity index (χ4n) is 2.19. The summed E-state index contributed by atoms with van der Waals surface area (Å²) in [5.74, 6) is 0.505. The largest absolute Gasteiger partial charge is 0.394 e. The third-order valence-electron chi connectivity index (χ3n) is 3.49. The number of aliphatic hydroxyl groups is 1. The highest BCUT2D eigenvalue weighted by atomic mass is 16.3. The lowest BCUT2D eigenvalue weighted by Crippen LogP contribution is -2.46. The summed E-state index contributed by atoms with van der Waals surface area (Å²) >= 11 is 0. The molecule has 0 heterocycles. The summed E-state index contributed by atoms with van der Waals surface area (Å²) in [4.78, 5) is 13.2. The van der Waals surface area contributed by atoms with Crippen LogP contribution in [0.2, 0.25) is 0 Å². The topological polar surface area (TPSA) is 66.6 Å². The Morgan fingerprint density at radius 3 is 2.40 bits per heavy atom. The SMILES string of the molecule is CC(C)CCN(C(N)=O)C(CO)CCc1ccccc1. The van der Waals surface area contributed by atoms with Crippen molar-refractivity contribution < 1.29 is 9.90 Å². The molecule has 3 N–H and O–H groups in total. The minimum Gasteiger partial charge on any atom is -0.394 e. The molecule has 4 heteroatoms. The van der Waals surface area contributed by atoms with Gasteiger partial charge in [0.2, 0.25) is 0 Å². The van der Waals surface area contributed by atoms with Crippen LogP contribution in [-0.4, -0.2) is 35.2 Å². The van der Waals surface area contributed by atoms with Gasteiger partial charge in [-0.2, -0.15) is 0 Å². The summed E-state index contributed by atoms with van der Waals surface area (Å²) in [6, 6.07) is 9.42. The number of primary amides is 1. The molecule has 1 unspecified atom stereocenters. The Labute approximate surface area is 121 Å². The maximum absolute atomic E-state index is 11.6. The molecular formula is C16H26N2O2. The minimum absolute atomic E-state index is 0.0477. The molecule has 112 valence electrons. The zero-order valence-corrected chi connectivity index (χ0v) is 12.5. The number of urea groups is 1. The van der Waals surface area contributed by atoms with E-state index < -0.39 is 6.03 Å². The number of aryl methyl sites for hydroxylation is 1. The van der Waals surface area contributed by atoms with Gasteiger partial charge < -0.3 is 15.7 Å². The monoisotopic (exact) mass is 278 g/mol. The van der Waals surface area contributed by atoms with Crippen LogP contribution in [0.5, 0.6) is 0 Å². The van der Waals surface area contributed by atoms with Crippen LogP contribution in [0.25, 0.3) is 0 Å². The Balaban J connectivity index is 2.58. The van der Waals surface area contributed by atoms with Crippen LogP contribution in [0.1, 0.15) is 32.3 Å². The van der Waals surface area contributed by atoms with Gasteiger partial charge in [0.15, 0.2) is 0 Å². The van der Waals surface area contributed by atoms with Crippen molar-refractivity contribution in [2.45, 2.75) is 39.2 Å². The molecule has 0 aliphatic heterocycles. The van der Waals surface area contributed by atoms with Gasteiger partial charge in [-0.15, -0.1) is 0 Å². The number of hydrogen-bond donors (Lipinski definition) is 2. The molecule has 20 heavy (non-hydrogen) atoms. The van der Waals surface area contributed by atoms with E-state index >= 15 is 0 Å². The molecule has 0 fully saturated rings. The van der Waals surface area contributed by atoms with Gasteiger partial charge in [-0.1, -0.05) is 44.2 Å². The first-order chi connectivity index (χ1) is 9.54. The van der Waals surface area contributed by atoms with E-state index in [4.69, 9.17) is 5.73 Å². The van der Waals surface area contributed by atoms with Crippen molar-refractivity contribution in [3.05, 3.63) is 35.9 Å². The number of amides is 2. The summed E-state index contributed by atoms with van der Waals surface area (Å²) < 4.78 is 0. The van der Waals surface area contributed by atoms with E-state index in [0.717, 1.165) is 19.3 Å². The van der Waals surface area contributed by atoms with Gasteiger partial charge in [-0.05, 0) is 30.7 Å². The molecule has 1 rings (SSSR count). The van der Waals surface area contributed by atoms with Crippen LogP contribution < -0.4 is 5.73 Å². The second-order valence-corrected chi connectivity index (χ2v) is 5.57. The molecule has 0 spiro atoms. The summed E-state index contributed by atoms with van der Waals surface area (Å²) in [6.07, 6.45) is 2.45. The molecule has 0 radical (unpaired) electrons. The lowest BCUT2D eigenvalue weighted by Gasteiger charge is -2.29. The van der Waals surface area contributed by atoms with Crippen LogP contribution in [0.3, 0.4) is 0 Å². The maximum Gasteiger partial charge on any atom is 0.315 e. The van der Waals surface area contributed by atoms with Gasteiger partial charge >= 0.3 is 6.03 Å². The highest BCUT2D eigenvalue weighted by Crippen LogP contribution is 2.12. The highest BCUT2D eigenvalue weighted by molar-refractivity contribution is 5.72. The van der Waals surface area contributed by atoms with E-state index in [1.807, 2.05) is 18.2 Å². The van der Waals surface area contributed by atoms with E-state index in [1.54, 1.807) is 4.90 Å². The third kappa shape index (κ3) is 5.61. The predicted octanol–water partition coefficient (Wildman–Crippen LogP) is 2.41. The molecule has 0 saturated heterocycles. The Morgan fingerprint density at radius 2 is 1.90 bits per heavy atom. The van der Waals surface area contributed by atoms with Crippen LogP contribution in [0.4, 0.5) is 4.79 Å². The van der Waals surface area contributed by atoms with Gasteiger partial charge in [0.25, 0.3) is 0 Å². The highest BCUT2D eigenvalue weighted by Gasteiger charge is 2.20. The standard InChI is InChI=1S/C16H26N2O2/c1-13(2)10-11-18(16(17)20)15(12-19)9-8-14-6-4-3-5-7-14/h3-7,13,15,19H,8-12H2,1-2H3,(H2,17,20). The number of rotatable bonds is 8. The molecule has 2 amide bonds. The van der Waals surface area contributed by atoms with Crippen molar-refractivity contribution in [2.75, 3.05) is 13.2 Å². The van der Waals surface area contributed by atoms with Crippen molar-refractivity contribution in [1.29, 1.82) is 0 Å². The van der Waals surface area contributed by atoms with Crippen LogP contribution in [0.15, 0.2) is 30.3 Å². The minimum atomic E-state index is -0.447. The van der Waals surface area contributed by atoms with E-state index in [0.29, 0.717) is 12.5 Å². The third-order valence-corrected chi connectivity index (χ3v) is 3.49. The molecule has 0 aliphatic carbocycles. The lowest BCUT2D eigenvalue weighted by molar-refractivity contribution is 0.130. The van der Waals surface area contributed by atoms with Crippen molar-refractivity contribution in [3.8, 4) is 0 Å². The molecule has 4 nitrogen and oxygen atoms in total. The number of carbonyl (C=O) groups is 1. The molecule has 0 aromatic heterocycles. The van der Waals surface area contributed by atoms with E-state index in [2.05, 4.69) is 26.0 Å². The fraction of sp³-hybridized carbons (Fsp3) is 0.562. The van der Waals surface area contributed by atoms with Gasteiger partial charge in [0, 0.05) is 6.54 Å². The normalized spacial score (nSPS) is 12.4. The van der Waals surface area contributed by atoms with Gasteiger partial charge in [0.05, 0.1) is 12.6 Å². The number of aliphatic hydroxyl groups excluding tert-OH is 1. The van der Waals surface area contributed by atoms with Crippen molar-refractivity contribution in [1.82, 2.24) is 4.90 Å². The summed E-state index contributed by atoms with van der Waals surface area (Å²) in [6.45, 7) is 4.77. The quantitative estimate of drug-likeness (QED) is 0.767. The van der Waals surface area contributed by atoms with Gasteiger partial charge in [0.1, 0.15) is 0 Å². The molecule has 0 bridgehead atoms. The van der Waals surface area contributed by atoms with Gasteiger partial charge in [-0.25, -0.2) is 4.79 Å². The van der Waals surface area contributed by atoms with Crippen molar-refractivity contribution in [3.63, 3.8) is 0 Å². The Kier molecular flexibility index (Phi) is 7.09. The second-order valence-electron chi connectivity index (χ2n) is 5.57. The second kappa shape index (κ2) is 8.59. The van der Waals surface area contributed by atoms with Crippen LogP contribution in [0, 0.1) is 5.92 Å². The fourth-order valence-corrected chi connectivity index (χ4v) is 2.19. The van der Waals surface area contributed by atoms with E-state index in [-0.39, 0.29) is 12.6 Å². The van der Waals surface area contributed by atoms with E-state index in [1.165, 1.54) is 5.56 Å². The number of hydrogen-bond acceptors (Lipinski definition) is 2. The zero-order valence-electron chi connectivity index (χ0n) is 12.5. The van der Waals surface area contributed by atoms with Gasteiger partial charge in [-0.3, -0.25) is 0 Å². The number of carbonyl (C=O) groups excluding carboxylic acids is 1. The first-order valence-electron chi connectivity index (χ1n) is 7.25. The van der Waals surface area contributed by atoms with Crippen LogP contribution >= 0.6 is 0 Å². The zero-order chi connectivity index (χ0) is 15.0.